The van der Waals surface area contributed by atoms with Crippen molar-refractivity contribution in [2.24, 2.45) is 0 Å². The topological polar surface area (TPSA) is 32.8 Å². The Morgan fingerprint density at radius 2 is 0.635 bits per heavy atom. The summed E-state index contributed by atoms with van der Waals surface area (Å²) in [5, 5.41) is 11.9. The lowest BCUT2D eigenvalue weighted by molar-refractivity contribution is 0.669. The molecule has 0 aliphatic rings. The van der Waals surface area contributed by atoms with Gasteiger partial charge in [-0.3, -0.25) is 0 Å². The van der Waals surface area contributed by atoms with Crippen molar-refractivity contribution in [3.8, 4) is 22.3 Å². The van der Waals surface area contributed by atoms with Crippen LogP contribution in [0, 0.1) is 0 Å². The van der Waals surface area contributed by atoms with E-state index >= 15 is 0 Å². The molecule has 0 aliphatic carbocycles. The number of hydrogen-bond acceptors (Lipinski definition) is 4. The van der Waals surface area contributed by atoms with E-state index in [4.69, 9.17) is 8.83 Å². The average Bonchev–Trinajstić information content (AvgIpc) is 4.04. The van der Waals surface area contributed by atoms with Gasteiger partial charge in [0.2, 0.25) is 0 Å². The zero-order chi connectivity index (χ0) is 49.6. The maximum absolute atomic E-state index is 6.74. The van der Waals surface area contributed by atoms with Crippen molar-refractivity contribution in [3.63, 3.8) is 0 Å². The SMILES string of the molecule is CC(C)c1cc(N(c2ccccc2)c2ccccc2-c2cccc3c2oc2ccccc23)c2ccc3c(C(C)C)cc(N(c4ccccc4)c4ccccc4-c4cccc5c4oc4ccccc45)c4ccc1c2c34. The van der Waals surface area contributed by atoms with Gasteiger partial charge < -0.3 is 18.6 Å². The highest BCUT2D eigenvalue weighted by atomic mass is 16.3. The molecular formula is C70H52N2O2. The van der Waals surface area contributed by atoms with Crippen LogP contribution in [0.4, 0.5) is 34.1 Å². The largest absolute Gasteiger partial charge is 0.455 e. The minimum atomic E-state index is 0.230. The summed E-state index contributed by atoms with van der Waals surface area (Å²) >= 11 is 0. The summed E-state index contributed by atoms with van der Waals surface area (Å²) in [6.45, 7) is 9.34. The summed E-state index contributed by atoms with van der Waals surface area (Å²) in [6, 6.07) is 83.7. The Kier molecular flexibility index (Phi) is 10.2. The molecular weight excluding hydrogens is 901 g/mol. The van der Waals surface area contributed by atoms with Gasteiger partial charge >= 0.3 is 0 Å². The van der Waals surface area contributed by atoms with Crippen molar-refractivity contribution in [1.29, 1.82) is 0 Å². The highest BCUT2D eigenvalue weighted by molar-refractivity contribution is 6.30. The van der Waals surface area contributed by atoms with Gasteiger partial charge in [-0.05, 0) is 105 Å². The van der Waals surface area contributed by atoms with Crippen LogP contribution in [-0.4, -0.2) is 0 Å². The molecule has 0 N–H and O–H groups in total. The van der Waals surface area contributed by atoms with Crippen LogP contribution < -0.4 is 9.80 Å². The normalized spacial score (nSPS) is 12.0. The fraction of sp³-hybridized carbons (Fsp3) is 0.0857. The molecule has 0 bridgehead atoms. The molecule has 0 aliphatic heterocycles. The van der Waals surface area contributed by atoms with Gasteiger partial charge in [0.1, 0.15) is 22.3 Å². The Morgan fingerprint density at radius 3 is 1.07 bits per heavy atom. The van der Waals surface area contributed by atoms with Crippen LogP contribution in [0.3, 0.4) is 0 Å². The van der Waals surface area contributed by atoms with E-state index in [0.29, 0.717) is 0 Å². The van der Waals surface area contributed by atoms with Crippen molar-refractivity contribution in [2.75, 3.05) is 9.80 Å². The van der Waals surface area contributed by atoms with Crippen molar-refractivity contribution in [2.45, 2.75) is 39.5 Å². The van der Waals surface area contributed by atoms with E-state index in [-0.39, 0.29) is 11.8 Å². The zero-order valence-electron chi connectivity index (χ0n) is 41.8. The Bertz CT molecular complexity index is 4160. The van der Waals surface area contributed by atoms with Gasteiger partial charge in [-0.1, -0.05) is 198 Å². The summed E-state index contributed by atoms with van der Waals surface area (Å²) in [7, 11) is 0. The molecule has 2 heterocycles. The van der Waals surface area contributed by atoms with E-state index in [2.05, 4.69) is 256 Å². The van der Waals surface area contributed by atoms with E-state index in [9.17, 15) is 0 Å². The molecule has 0 atom stereocenters. The summed E-state index contributed by atoms with van der Waals surface area (Å²) in [5.74, 6) is 0.460. The van der Waals surface area contributed by atoms with E-state index in [1.807, 2.05) is 12.1 Å². The van der Waals surface area contributed by atoms with Crippen LogP contribution in [0.25, 0.3) is 98.4 Å². The van der Waals surface area contributed by atoms with Crippen molar-refractivity contribution in [1.82, 2.24) is 0 Å². The quantitative estimate of drug-likeness (QED) is 0.128. The minimum Gasteiger partial charge on any atom is -0.455 e. The van der Waals surface area contributed by atoms with Crippen LogP contribution in [-0.2, 0) is 0 Å². The fourth-order valence-corrected chi connectivity index (χ4v) is 12.0. The maximum Gasteiger partial charge on any atom is 0.143 e. The molecule has 14 rings (SSSR count). The molecule has 4 nitrogen and oxygen atoms in total. The third kappa shape index (κ3) is 6.75. The van der Waals surface area contributed by atoms with Gasteiger partial charge in [0.25, 0.3) is 0 Å². The van der Waals surface area contributed by atoms with Crippen LogP contribution in [0.1, 0.15) is 50.7 Å². The Labute approximate surface area is 430 Å². The molecule has 74 heavy (non-hydrogen) atoms. The van der Waals surface area contributed by atoms with E-state index in [1.54, 1.807) is 0 Å². The zero-order valence-corrected chi connectivity index (χ0v) is 41.8. The molecule has 0 amide bonds. The number of para-hydroxylation sites is 8. The van der Waals surface area contributed by atoms with Gasteiger partial charge in [-0.25, -0.2) is 0 Å². The molecule has 0 unspecified atom stereocenters. The number of anilines is 6. The molecule has 0 radical (unpaired) electrons. The van der Waals surface area contributed by atoms with Crippen LogP contribution in [0.15, 0.2) is 239 Å². The molecule has 0 spiro atoms. The number of fused-ring (bicyclic) bond motifs is 6. The first kappa shape index (κ1) is 43.7. The molecule has 2 aromatic heterocycles. The number of benzene rings is 12. The maximum atomic E-state index is 6.74. The third-order valence-electron chi connectivity index (χ3n) is 15.4. The lowest BCUT2D eigenvalue weighted by Gasteiger charge is -2.32. The van der Waals surface area contributed by atoms with Crippen LogP contribution in [0.5, 0.6) is 0 Å². The lowest BCUT2D eigenvalue weighted by atomic mass is 9.84. The predicted octanol–water partition coefficient (Wildman–Crippen LogP) is 20.9. The Hall–Kier alpha value is -9.12. The Balaban J connectivity index is 1.06. The van der Waals surface area contributed by atoms with Crippen molar-refractivity contribution < 1.29 is 8.83 Å². The van der Waals surface area contributed by atoms with E-state index in [0.717, 1.165) is 100 Å². The highest BCUT2D eigenvalue weighted by Crippen LogP contribution is 2.53. The average molecular weight is 953 g/mol. The first-order valence-electron chi connectivity index (χ1n) is 25.9. The molecule has 0 saturated heterocycles. The predicted molar refractivity (Wildman–Crippen MR) is 313 cm³/mol. The van der Waals surface area contributed by atoms with Gasteiger partial charge in [0.05, 0.1) is 22.7 Å². The van der Waals surface area contributed by atoms with Crippen molar-refractivity contribution >= 4 is 110 Å². The Morgan fingerprint density at radius 1 is 0.284 bits per heavy atom. The van der Waals surface area contributed by atoms with Crippen molar-refractivity contribution in [3.05, 3.63) is 242 Å². The van der Waals surface area contributed by atoms with Gasteiger partial charge in [0, 0.05) is 65.9 Å². The summed E-state index contributed by atoms with van der Waals surface area (Å²) in [5.41, 5.74) is 17.0. The number of furan rings is 2. The lowest BCUT2D eigenvalue weighted by Crippen LogP contribution is -2.14. The molecule has 12 aromatic carbocycles. The summed E-state index contributed by atoms with van der Waals surface area (Å²) < 4.78 is 13.5. The van der Waals surface area contributed by atoms with Crippen LogP contribution >= 0.6 is 0 Å². The third-order valence-corrected chi connectivity index (χ3v) is 15.4. The molecule has 14 aromatic rings. The first-order chi connectivity index (χ1) is 36.4. The molecule has 0 fully saturated rings. The second-order valence-electron chi connectivity index (χ2n) is 20.3. The van der Waals surface area contributed by atoms with E-state index in [1.165, 1.54) is 43.4 Å². The second-order valence-corrected chi connectivity index (χ2v) is 20.3. The van der Waals surface area contributed by atoms with Crippen LogP contribution in [0.2, 0.25) is 0 Å². The van der Waals surface area contributed by atoms with Gasteiger partial charge in [0.15, 0.2) is 0 Å². The fourth-order valence-electron chi connectivity index (χ4n) is 12.0. The molecule has 0 saturated carbocycles. The number of hydrogen-bond donors (Lipinski definition) is 0. The number of rotatable bonds is 10. The monoisotopic (exact) mass is 952 g/mol. The second kappa shape index (κ2) is 17.3. The standard InChI is InChI=1S/C70H52N2O2/c1-43(2)59-41-63(71(45-21-7-5-8-22-45)61-33-15-11-25-47(61)53-29-19-31-55-49-27-13-17-35-65(49)73-69(53)55)57-40-38-52-60(44(3)4)42-64(58-39-37-51(59)67(57)68(52)58)72(46-23-9-6-10-24-46)62-34-16-12-26-48(62)54-30-20-32-56-50-28-14-18-36-66(50)74-70(54)56/h5-44H,1-4H3. The smallest absolute Gasteiger partial charge is 0.143 e. The summed E-state index contributed by atoms with van der Waals surface area (Å²) in [4.78, 5) is 4.98. The first-order valence-corrected chi connectivity index (χ1v) is 25.9. The molecule has 4 heteroatoms. The minimum absolute atomic E-state index is 0.230. The highest BCUT2D eigenvalue weighted by Gasteiger charge is 2.29. The number of nitrogens with zero attached hydrogens (tertiary/aromatic N) is 2. The van der Waals surface area contributed by atoms with Gasteiger partial charge in [-0.2, -0.15) is 0 Å². The molecule has 354 valence electrons. The summed E-state index contributed by atoms with van der Waals surface area (Å²) in [6.07, 6.45) is 0. The van der Waals surface area contributed by atoms with Gasteiger partial charge in [-0.15, -0.1) is 0 Å². The van der Waals surface area contributed by atoms with E-state index < -0.39 is 0 Å².